The number of ketones is 1. The number of carbonyl (C=O) groups is 17. The molecule has 15 atom stereocenters. The van der Waals surface area contributed by atoms with Gasteiger partial charge in [0.2, 0.25) is 94.5 Å². The smallest absolute Gasteiger partial charge is 0.246 e. The Labute approximate surface area is 768 Å². The summed E-state index contributed by atoms with van der Waals surface area (Å²) in [6.45, 7) is 5.42. The van der Waals surface area contributed by atoms with Crippen molar-refractivity contribution in [2.24, 2.45) is 34.8 Å². The van der Waals surface area contributed by atoms with Crippen LogP contribution in [-0.4, -0.2) is 308 Å². The number of carbonyl (C=O) groups excluding carboxylic acids is 17. The fraction of sp³-hybridized carbons (Fsp3) is 0.551. The number of aliphatic hydroxyl groups is 2. The van der Waals surface area contributed by atoms with Gasteiger partial charge in [-0.3, -0.25) is 86.9 Å². The Balaban J connectivity index is 1.19. The number of hydrogen-bond acceptors (Lipinski definition) is 22. The van der Waals surface area contributed by atoms with E-state index in [1.807, 2.05) is 13.8 Å². The second-order valence-corrected chi connectivity index (χ2v) is 35.2. The highest BCUT2D eigenvalue weighted by Gasteiger charge is 2.47. The van der Waals surface area contributed by atoms with Gasteiger partial charge in [-0.2, -0.15) is 11.8 Å². The molecule has 0 unspecified atom stereocenters. The van der Waals surface area contributed by atoms with Crippen molar-refractivity contribution < 1.29 is 96.1 Å². The van der Waals surface area contributed by atoms with Gasteiger partial charge >= 0.3 is 0 Å². The summed E-state index contributed by atoms with van der Waals surface area (Å²) in [5.74, 6) is -19.5. The Morgan fingerprint density at radius 3 is 1.70 bits per heavy atom. The summed E-state index contributed by atoms with van der Waals surface area (Å²) in [6, 6.07) is -1.25. The van der Waals surface area contributed by atoms with Crippen molar-refractivity contribution in [2.45, 2.75) is 228 Å². The molecule has 132 heavy (non-hydrogen) atoms. The minimum absolute atomic E-state index is 0.00544. The Hall–Kier alpha value is -12.6. The number of nitrogens with zero attached hydrogens (tertiary/aromatic N) is 5. The van der Waals surface area contributed by atoms with E-state index in [4.69, 9.17) is 28.3 Å². The number of unbranched alkanes of at least 4 members (excludes halogenated alkanes) is 2. The van der Waals surface area contributed by atoms with E-state index in [0.717, 1.165) is 48.4 Å². The number of amides is 16. The lowest BCUT2D eigenvalue weighted by Gasteiger charge is -2.36. The SMILES string of the molecule is CCCC[C@H]1C(=O)N(C)[C@@H](CCCC)C(=O)N[C@@H](CCCNC(=N)N)C(=O)C[C@H](C(=O)NCC(N)=O)CSCC(=O)N[C@@H](Cc2ccc(F)cc2)C(=O)N(C)[C@@H](C)C(=O)N[C@@H](CC(N)=O)C(=O)N2CCC[C@H]2C(=O)N[C@@H](CN)C(=O)N[C@@H](CC(C)C)C(=O)N2C[C@H](O)C[C@H]2C(=O)N[C@@H](Cc2c[nH]c3ccccc23)C(=O)N[C@@H](CO)C(=O)N[C@@H](Cc2c[nH]c3ccccc23)C(=O)N1C. The lowest BCUT2D eigenvalue weighted by Crippen LogP contribution is -2.62. The van der Waals surface area contributed by atoms with Gasteiger partial charge in [-0.05, 0) is 98.7 Å². The van der Waals surface area contributed by atoms with Crippen molar-refractivity contribution in [3.05, 3.63) is 108 Å². The number of halogens is 1. The van der Waals surface area contributed by atoms with Crippen molar-refractivity contribution in [1.29, 1.82) is 5.41 Å². The van der Waals surface area contributed by atoms with Crippen LogP contribution >= 0.6 is 11.8 Å². The van der Waals surface area contributed by atoms with Crippen LogP contribution in [0.25, 0.3) is 21.8 Å². The number of nitrogens with one attached hydrogen (secondary N) is 13. The van der Waals surface area contributed by atoms with E-state index in [2.05, 4.69) is 63.1 Å². The van der Waals surface area contributed by atoms with E-state index in [1.165, 1.54) is 40.2 Å². The van der Waals surface area contributed by atoms with Gasteiger partial charge in [0.25, 0.3) is 0 Å². The van der Waals surface area contributed by atoms with Crippen LogP contribution in [0.15, 0.2) is 85.2 Å². The number of aliphatic hydroxyl groups excluding tert-OH is 2. The molecule has 3 aliphatic heterocycles. The number of primary amides is 2. The standard InChI is InChI=1S/C89H127FN22O19S/c1-9-11-24-68-81(124)101-60(23-17-31-96-89(94)95)72(115)37-53(77(120)99-43-74(93)117)46-132-47-75(118)100-63(34-50-27-29-54(90)30-28-50)84(127)108(6)49(5)76(119)103-65(39-73(92)116)86(129)111-32-18-26-69(111)82(125)106-66(40-91)79(122)104-62(33-48(3)4)87(130)112-44-55(114)38-71(112)83(126)102-61(35-51-41-97-58-21-15-13-19-56(51)58)78(121)107-67(45-113)80(123)105-64(36-52-42-98-59-22-16-14-20-57(52)59)85(128)110(8)70(25-12-10-2)88(131)109(68)7/h13-16,19-22,27-30,41-42,48-49,53,55,60-71,97-98,113-114H,9-12,17-18,23-26,31-40,43-47,91H2,1-8H3,(H2,92,116)(H2,93,117)(H,99,120)(H,100,118)(H,101,124)(H,102,126)(H,103,119)(H,104,122)(H,105,123)(H,106,125)(H,107,121)(H4,94,95,96)/t49-,53-,55+,60-,61-,62-,63-,64-,65-,66-,67-,68-,69-,70-,71-/m0/s1. The second kappa shape index (κ2) is 50.1. The lowest BCUT2D eigenvalue weighted by molar-refractivity contribution is -0.149. The first-order chi connectivity index (χ1) is 62.8. The van der Waals surface area contributed by atoms with Crippen molar-refractivity contribution >= 4 is 140 Å². The van der Waals surface area contributed by atoms with Crippen molar-refractivity contribution in [1.82, 2.24) is 87.6 Å². The van der Waals surface area contributed by atoms with E-state index >= 15 is 38.4 Å². The number of fused-ring (bicyclic) bond motifs is 4. The molecule has 0 bridgehead atoms. The number of aromatic amines is 2. The molecule has 5 heterocycles. The monoisotopic (exact) mass is 1860 g/mol. The molecule has 0 saturated carbocycles. The molecule has 3 aromatic carbocycles. The van der Waals surface area contributed by atoms with Gasteiger partial charge in [-0.25, -0.2) is 4.39 Å². The summed E-state index contributed by atoms with van der Waals surface area (Å²) in [4.78, 5) is 260. The highest BCUT2D eigenvalue weighted by atomic mass is 32.2. The maximum atomic E-state index is 15.7. The fourth-order valence-corrected chi connectivity index (χ4v) is 17.4. The number of guanidine groups is 1. The summed E-state index contributed by atoms with van der Waals surface area (Å²) in [5, 5.41) is 57.9. The first kappa shape index (κ1) is 105. The van der Waals surface area contributed by atoms with Crippen molar-refractivity contribution in [3.8, 4) is 0 Å². The molecule has 720 valence electrons. The summed E-state index contributed by atoms with van der Waals surface area (Å²) in [7, 11) is 3.89. The maximum Gasteiger partial charge on any atom is 0.246 e. The summed E-state index contributed by atoms with van der Waals surface area (Å²) < 4.78 is 14.4. The Kier molecular flexibility index (Phi) is 39.8. The van der Waals surface area contributed by atoms with Crippen LogP contribution in [0.5, 0.6) is 0 Å². The van der Waals surface area contributed by atoms with E-state index < -0.39 is 254 Å². The quantitative estimate of drug-likeness (QED) is 0.0164. The minimum Gasteiger partial charge on any atom is -0.394 e. The van der Waals surface area contributed by atoms with E-state index in [0.29, 0.717) is 64.2 Å². The molecule has 41 nitrogen and oxygen atoms in total. The third kappa shape index (κ3) is 29.2. The number of nitrogens with two attached hydrogens (primary N) is 4. The number of rotatable bonds is 25. The molecule has 0 aliphatic carbocycles. The van der Waals surface area contributed by atoms with Gasteiger partial charge < -0.3 is 121 Å². The van der Waals surface area contributed by atoms with Crippen molar-refractivity contribution in [3.63, 3.8) is 0 Å². The molecule has 2 aromatic heterocycles. The van der Waals surface area contributed by atoms with E-state index in [9.17, 15) is 57.8 Å². The third-order valence-electron chi connectivity index (χ3n) is 23.8. The molecular formula is C89H127FN22O19S. The molecule has 3 saturated heterocycles. The molecule has 0 spiro atoms. The van der Waals surface area contributed by atoms with Gasteiger partial charge in [-0.15, -0.1) is 0 Å². The van der Waals surface area contributed by atoms with Crippen LogP contribution in [0.2, 0.25) is 0 Å². The number of H-pyrrole nitrogens is 2. The number of para-hydroxylation sites is 2. The van der Waals surface area contributed by atoms with Gasteiger partial charge in [0.15, 0.2) is 11.7 Å². The molecule has 8 rings (SSSR count). The third-order valence-corrected chi connectivity index (χ3v) is 25.0. The van der Waals surface area contributed by atoms with Crippen LogP contribution in [0.1, 0.15) is 141 Å². The number of Topliss-reactive ketones (excluding diaryl/α,β-unsaturated/α-hetero) is 1. The lowest BCUT2D eigenvalue weighted by atomic mass is 9.95. The zero-order valence-corrected chi connectivity index (χ0v) is 76.5. The highest BCUT2D eigenvalue weighted by molar-refractivity contribution is 7.99. The van der Waals surface area contributed by atoms with Crippen LogP contribution < -0.4 is 76.1 Å². The molecule has 5 aromatic rings. The summed E-state index contributed by atoms with van der Waals surface area (Å²) in [5.41, 5.74) is 25.5. The minimum atomic E-state index is -1.89. The van der Waals surface area contributed by atoms with Crippen LogP contribution in [0.3, 0.4) is 0 Å². The molecule has 23 N–H and O–H groups in total. The van der Waals surface area contributed by atoms with Crippen LogP contribution in [-0.2, 0) is 101 Å². The van der Waals surface area contributed by atoms with Crippen molar-refractivity contribution in [2.75, 3.05) is 72.0 Å². The Morgan fingerprint density at radius 1 is 0.568 bits per heavy atom. The molecule has 16 amide bonds. The number of benzene rings is 3. The van der Waals surface area contributed by atoms with Gasteiger partial charge in [0, 0.05) is 119 Å². The predicted octanol–water partition coefficient (Wildman–Crippen LogP) is -2.41. The highest BCUT2D eigenvalue weighted by Crippen LogP contribution is 2.28. The predicted molar refractivity (Wildman–Crippen MR) is 486 cm³/mol. The fourth-order valence-electron chi connectivity index (χ4n) is 16.4. The molecule has 3 fully saturated rings. The Bertz CT molecular complexity index is 4960. The summed E-state index contributed by atoms with van der Waals surface area (Å²) in [6.07, 6.45) is 0.683. The van der Waals surface area contributed by atoms with Crippen LogP contribution in [0.4, 0.5) is 4.39 Å². The molecular weight excluding hydrogens is 1730 g/mol. The molecule has 0 radical (unpaired) electrons. The van der Waals surface area contributed by atoms with Gasteiger partial charge in [0.05, 0.1) is 43.4 Å². The van der Waals surface area contributed by atoms with Gasteiger partial charge in [0.1, 0.15) is 78.3 Å². The maximum absolute atomic E-state index is 15.7. The topological polar surface area (TPSA) is 627 Å². The average Bonchev–Trinajstić information content (AvgIpc) is 1.60. The zero-order valence-electron chi connectivity index (χ0n) is 75.7. The van der Waals surface area contributed by atoms with E-state index in [-0.39, 0.29) is 89.0 Å². The first-order valence-electron chi connectivity index (χ1n) is 44.5. The second-order valence-electron chi connectivity index (χ2n) is 34.2. The van der Waals surface area contributed by atoms with Gasteiger partial charge in [-0.1, -0.05) is 102 Å². The Morgan fingerprint density at radius 2 is 1.10 bits per heavy atom. The average molecular weight is 1860 g/mol. The molecule has 43 heteroatoms. The van der Waals surface area contributed by atoms with Crippen LogP contribution in [0, 0.1) is 23.1 Å². The number of aromatic nitrogens is 2. The normalized spacial score (nSPS) is 25.1. The number of hydrogen-bond donors (Lipinski definition) is 19. The number of likely N-dealkylation sites (N-methyl/N-ethyl adjacent to an activating group) is 3. The summed E-state index contributed by atoms with van der Waals surface area (Å²) >= 11 is 0.805. The first-order valence-corrected chi connectivity index (χ1v) is 45.6. The number of thioether (sulfide) groups is 1. The van der Waals surface area contributed by atoms with E-state index in [1.54, 1.807) is 74.8 Å². The molecule has 3 aliphatic rings. The largest absolute Gasteiger partial charge is 0.394 e. The zero-order chi connectivity index (χ0) is 96.9.